The van der Waals surface area contributed by atoms with Crippen molar-refractivity contribution in [2.24, 2.45) is 11.8 Å². The molecule has 0 spiro atoms. The fourth-order valence-corrected chi connectivity index (χ4v) is 8.07. The van der Waals surface area contributed by atoms with Crippen LogP contribution in [0.4, 0.5) is 4.79 Å². The Kier molecular flexibility index (Phi) is 9.48. The second-order valence-electron chi connectivity index (χ2n) is 14.1. The Labute approximate surface area is 285 Å². The molecular formula is C37H46N6O6. The Hall–Kier alpha value is -4.58. The van der Waals surface area contributed by atoms with E-state index in [1.807, 2.05) is 54.4 Å². The van der Waals surface area contributed by atoms with Crippen molar-refractivity contribution in [3.8, 4) is 11.3 Å². The zero-order valence-corrected chi connectivity index (χ0v) is 28.4. The summed E-state index contributed by atoms with van der Waals surface area (Å²) in [7, 11) is 2.18. The summed E-state index contributed by atoms with van der Waals surface area (Å²) in [6.45, 7) is 6.24. The number of imidazole rings is 1. The van der Waals surface area contributed by atoms with Crippen LogP contribution in [-0.4, -0.2) is 93.7 Å². The van der Waals surface area contributed by atoms with Gasteiger partial charge in [-0.1, -0.05) is 36.4 Å². The molecule has 3 saturated heterocycles. The second kappa shape index (κ2) is 14.1. The molecule has 5 heterocycles. The molecule has 2 amide bonds. The number of carbonyl (C=O) groups excluding carboxylic acids is 2. The number of benzene rings is 2. The molecule has 2 aromatic heterocycles. The maximum absolute atomic E-state index is 14.1. The van der Waals surface area contributed by atoms with E-state index in [1.54, 1.807) is 15.5 Å². The lowest BCUT2D eigenvalue weighted by Gasteiger charge is -2.40. The fraction of sp³-hybridized carbons (Fsp3) is 0.514. The van der Waals surface area contributed by atoms with Crippen LogP contribution in [0.3, 0.4) is 0 Å². The highest BCUT2D eigenvalue weighted by molar-refractivity contribution is 5.84. The second-order valence-corrected chi connectivity index (χ2v) is 14.1. The van der Waals surface area contributed by atoms with Crippen LogP contribution >= 0.6 is 0 Å². The number of likely N-dealkylation sites (tertiary alicyclic amines) is 3. The van der Waals surface area contributed by atoms with Gasteiger partial charge in [0.25, 0.3) is 5.91 Å². The molecule has 260 valence electrons. The third-order valence-corrected chi connectivity index (χ3v) is 11.0. The molecule has 2 N–H and O–H groups in total. The van der Waals surface area contributed by atoms with Gasteiger partial charge in [0.2, 0.25) is 0 Å². The number of hydrogen-bond acceptors (Lipinski definition) is 7. The topological polar surface area (TPSA) is 137 Å². The standard InChI is InChI=1S/C37H46N6O6/c1-24-20-25(21-31-33(24)39-36(46)48-31)22-32(34(44)41-16-10-27(11-17-41)26-8-14-40(2)15-9-26)49-37(47)42-18-12-29(13-19-42)43-23-30(38-35(43)45)28-6-4-3-5-7-28/h3-7,20-21,23,26-27,29,32H,8-19,22H2,1-2H3,(H,38,45)(H,39,46). The lowest BCUT2D eigenvalue weighted by molar-refractivity contribution is -0.142. The quantitative estimate of drug-likeness (QED) is 0.294. The van der Waals surface area contributed by atoms with E-state index in [0.29, 0.717) is 62.0 Å². The number of piperidine rings is 3. The highest BCUT2D eigenvalue weighted by Crippen LogP contribution is 2.33. The number of rotatable bonds is 7. The molecule has 0 aliphatic carbocycles. The zero-order chi connectivity index (χ0) is 34.1. The van der Waals surface area contributed by atoms with Crippen LogP contribution < -0.4 is 11.4 Å². The minimum atomic E-state index is -1.02. The number of ether oxygens (including phenoxy) is 1. The van der Waals surface area contributed by atoms with Crippen LogP contribution in [0, 0.1) is 18.8 Å². The van der Waals surface area contributed by atoms with Crippen molar-refractivity contribution < 1.29 is 18.7 Å². The molecule has 0 radical (unpaired) electrons. The molecule has 0 saturated carbocycles. The lowest BCUT2D eigenvalue weighted by atomic mass is 9.79. The molecule has 12 heteroatoms. The van der Waals surface area contributed by atoms with Crippen molar-refractivity contribution in [3.63, 3.8) is 0 Å². The fourth-order valence-electron chi connectivity index (χ4n) is 8.07. The van der Waals surface area contributed by atoms with Crippen LogP contribution in [0.25, 0.3) is 22.4 Å². The smallest absolute Gasteiger partial charge is 0.417 e. The van der Waals surface area contributed by atoms with Gasteiger partial charge in [-0.2, -0.15) is 0 Å². The highest BCUT2D eigenvalue weighted by atomic mass is 16.6. The van der Waals surface area contributed by atoms with Crippen molar-refractivity contribution >= 4 is 23.1 Å². The number of hydrogen-bond donors (Lipinski definition) is 2. The van der Waals surface area contributed by atoms with Gasteiger partial charge in [-0.15, -0.1) is 0 Å². The van der Waals surface area contributed by atoms with E-state index in [-0.39, 0.29) is 24.1 Å². The van der Waals surface area contributed by atoms with Gasteiger partial charge in [0.15, 0.2) is 11.7 Å². The third-order valence-electron chi connectivity index (χ3n) is 11.0. The molecule has 3 fully saturated rings. The summed E-state index contributed by atoms with van der Waals surface area (Å²) in [5, 5.41) is 0. The minimum absolute atomic E-state index is 0.0562. The highest BCUT2D eigenvalue weighted by Gasteiger charge is 2.36. The average Bonchev–Trinajstić information content (AvgIpc) is 3.70. The summed E-state index contributed by atoms with van der Waals surface area (Å²) in [5.74, 6) is 0.578. The molecule has 4 aromatic rings. The zero-order valence-electron chi connectivity index (χ0n) is 28.4. The van der Waals surface area contributed by atoms with Gasteiger partial charge in [-0.3, -0.25) is 14.3 Å². The molecular weight excluding hydrogens is 624 g/mol. The Morgan fingerprint density at radius 1 is 0.878 bits per heavy atom. The number of amides is 2. The van der Waals surface area contributed by atoms with Crippen molar-refractivity contribution in [2.75, 3.05) is 46.3 Å². The summed E-state index contributed by atoms with van der Waals surface area (Å²) < 4.78 is 13.1. The summed E-state index contributed by atoms with van der Waals surface area (Å²) in [6.07, 6.45) is 5.97. The average molecular weight is 671 g/mol. The van der Waals surface area contributed by atoms with Crippen LogP contribution in [0.2, 0.25) is 0 Å². The lowest BCUT2D eigenvalue weighted by Crippen LogP contribution is -2.49. The first-order chi connectivity index (χ1) is 23.7. The Morgan fingerprint density at radius 2 is 1.53 bits per heavy atom. The molecule has 1 unspecified atom stereocenters. The van der Waals surface area contributed by atoms with Crippen LogP contribution in [0.15, 0.2) is 62.7 Å². The van der Waals surface area contributed by atoms with E-state index in [9.17, 15) is 19.2 Å². The van der Waals surface area contributed by atoms with E-state index in [4.69, 9.17) is 9.15 Å². The Bertz CT molecular complexity index is 1890. The maximum Gasteiger partial charge on any atom is 0.417 e. The Morgan fingerprint density at radius 3 is 2.22 bits per heavy atom. The van der Waals surface area contributed by atoms with E-state index in [2.05, 4.69) is 21.9 Å². The first-order valence-corrected chi connectivity index (χ1v) is 17.6. The van der Waals surface area contributed by atoms with Gasteiger partial charge < -0.3 is 28.8 Å². The molecule has 7 rings (SSSR count). The molecule has 2 aromatic carbocycles. The Balaban J connectivity index is 1.03. The number of nitrogens with zero attached hydrogens (tertiary/aromatic N) is 4. The molecule has 12 nitrogen and oxygen atoms in total. The van der Waals surface area contributed by atoms with Crippen molar-refractivity contribution in [3.05, 3.63) is 80.8 Å². The maximum atomic E-state index is 14.1. The number of aryl methyl sites for hydroxylation is 1. The molecule has 3 aliphatic rings. The largest absolute Gasteiger partial charge is 0.436 e. The van der Waals surface area contributed by atoms with Crippen molar-refractivity contribution in [1.29, 1.82) is 0 Å². The summed E-state index contributed by atoms with van der Waals surface area (Å²) in [5.41, 5.74) is 4.12. The van der Waals surface area contributed by atoms with Crippen LogP contribution in [0.1, 0.15) is 55.7 Å². The van der Waals surface area contributed by atoms with Crippen LogP contribution in [-0.2, 0) is 16.0 Å². The van der Waals surface area contributed by atoms with Crippen molar-refractivity contribution in [2.45, 2.75) is 64.0 Å². The minimum Gasteiger partial charge on any atom is -0.436 e. The predicted molar refractivity (Wildman–Crippen MR) is 185 cm³/mol. The molecule has 49 heavy (non-hydrogen) atoms. The number of H-pyrrole nitrogens is 2. The number of aromatic nitrogens is 3. The first-order valence-electron chi connectivity index (χ1n) is 17.6. The number of fused-ring (bicyclic) bond motifs is 1. The summed E-state index contributed by atoms with van der Waals surface area (Å²) in [4.78, 5) is 64.0. The van der Waals surface area contributed by atoms with Crippen LogP contribution in [0.5, 0.6) is 0 Å². The monoisotopic (exact) mass is 670 g/mol. The van der Waals surface area contributed by atoms with E-state index < -0.39 is 18.0 Å². The van der Waals surface area contributed by atoms with Gasteiger partial charge in [-0.25, -0.2) is 14.4 Å². The van der Waals surface area contributed by atoms with Gasteiger partial charge in [0, 0.05) is 44.8 Å². The molecule has 0 bridgehead atoms. The number of aromatic amines is 2. The van der Waals surface area contributed by atoms with Gasteiger partial charge in [0.05, 0.1) is 11.2 Å². The van der Waals surface area contributed by atoms with Gasteiger partial charge in [0.1, 0.15) is 0 Å². The molecule has 1 atom stereocenters. The SMILES string of the molecule is Cc1cc(CC(OC(=O)N2CCC(n3cc(-c4ccccc4)[nH]c3=O)CC2)C(=O)N2CCC(C3CCN(C)CC3)CC2)cc2oc(=O)[nH]c12. The molecule has 3 aliphatic heterocycles. The summed E-state index contributed by atoms with van der Waals surface area (Å²) >= 11 is 0. The predicted octanol–water partition coefficient (Wildman–Crippen LogP) is 4.55. The van der Waals surface area contributed by atoms with Gasteiger partial charge >= 0.3 is 17.5 Å². The van der Waals surface area contributed by atoms with Crippen molar-refractivity contribution in [1.82, 2.24) is 29.2 Å². The normalized spacial score (nSPS) is 19.4. The van der Waals surface area contributed by atoms with E-state index >= 15 is 0 Å². The summed E-state index contributed by atoms with van der Waals surface area (Å²) in [6, 6.07) is 13.3. The number of carbonyl (C=O) groups is 2. The first kappa shape index (κ1) is 32.9. The van der Waals surface area contributed by atoms with E-state index in [0.717, 1.165) is 48.3 Å². The number of oxazole rings is 1. The third kappa shape index (κ3) is 7.24. The number of nitrogens with one attached hydrogen (secondary N) is 2. The van der Waals surface area contributed by atoms with E-state index in [1.165, 1.54) is 12.8 Å². The van der Waals surface area contributed by atoms with Gasteiger partial charge in [-0.05, 0) is 100 Å².